The fourth-order valence-corrected chi connectivity index (χ4v) is 2.93. The molecule has 84 valence electrons. The van der Waals surface area contributed by atoms with Gasteiger partial charge in [0.25, 0.3) is 0 Å². The van der Waals surface area contributed by atoms with E-state index in [-0.39, 0.29) is 6.04 Å². The first kappa shape index (κ1) is 11.6. The Hall–Kier alpha value is -0.900. The van der Waals surface area contributed by atoms with Gasteiger partial charge in [0.05, 0.1) is 11.1 Å². The number of pyridine rings is 1. The van der Waals surface area contributed by atoms with E-state index in [0.717, 1.165) is 26.6 Å². The maximum Gasteiger partial charge on any atom is 0.0678 e. The Morgan fingerprint density at radius 1 is 1.38 bits per heavy atom. The van der Waals surface area contributed by atoms with Gasteiger partial charge in [0, 0.05) is 17.3 Å². The average molecular weight is 253 g/mol. The van der Waals surface area contributed by atoms with E-state index in [0.29, 0.717) is 0 Å². The summed E-state index contributed by atoms with van der Waals surface area (Å²) in [5, 5.41) is 2.81. The number of nitrogens with zero attached hydrogens (tertiary/aromatic N) is 1. The van der Waals surface area contributed by atoms with Crippen LogP contribution in [0.4, 0.5) is 0 Å². The van der Waals surface area contributed by atoms with Crippen molar-refractivity contribution in [2.75, 3.05) is 0 Å². The maximum atomic E-state index is 6.22. The second-order valence-corrected chi connectivity index (χ2v) is 5.10. The summed E-state index contributed by atoms with van der Waals surface area (Å²) in [6.45, 7) is 4.02. The smallest absolute Gasteiger partial charge is 0.0678 e. The van der Waals surface area contributed by atoms with Gasteiger partial charge in [-0.05, 0) is 42.0 Å². The van der Waals surface area contributed by atoms with Crippen LogP contribution in [0.5, 0.6) is 0 Å². The molecule has 0 aliphatic carbocycles. The third kappa shape index (κ3) is 1.98. The second-order valence-electron chi connectivity index (χ2n) is 3.81. The van der Waals surface area contributed by atoms with Gasteiger partial charge in [0.1, 0.15) is 0 Å². The zero-order valence-electron chi connectivity index (χ0n) is 9.20. The van der Waals surface area contributed by atoms with E-state index in [2.05, 4.69) is 4.98 Å². The molecule has 0 aromatic carbocycles. The van der Waals surface area contributed by atoms with Crippen LogP contribution in [-0.2, 0) is 0 Å². The molecule has 0 radical (unpaired) electrons. The van der Waals surface area contributed by atoms with Crippen molar-refractivity contribution in [2.45, 2.75) is 19.9 Å². The van der Waals surface area contributed by atoms with E-state index in [4.69, 9.17) is 17.3 Å². The Balaban J connectivity index is 2.43. The zero-order chi connectivity index (χ0) is 11.7. The molecule has 0 saturated carbocycles. The number of aryl methyl sites for hydroxylation is 2. The fourth-order valence-electron chi connectivity index (χ4n) is 1.60. The minimum Gasteiger partial charge on any atom is -0.320 e. The van der Waals surface area contributed by atoms with Crippen LogP contribution in [0.1, 0.15) is 27.6 Å². The molecule has 0 aliphatic rings. The molecule has 2 aromatic heterocycles. The standard InChI is InChI=1S/C12H13ClN2S/c1-7-3-4-15-5-9(7)11(14)12-10(13)8(2)6-16-12/h3-6,11H,14H2,1-2H3. The third-order valence-electron chi connectivity index (χ3n) is 2.62. The molecule has 2 rings (SSSR count). The molecule has 2 heterocycles. The van der Waals surface area contributed by atoms with Crippen molar-refractivity contribution in [1.29, 1.82) is 0 Å². The third-order valence-corrected chi connectivity index (χ3v) is 4.42. The Bertz CT molecular complexity index is 507. The maximum absolute atomic E-state index is 6.22. The van der Waals surface area contributed by atoms with Gasteiger partial charge in [-0.2, -0.15) is 0 Å². The van der Waals surface area contributed by atoms with Gasteiger partial charge < -0.3 is 5.73 Å². The summed E-state index contributed by atoms with van der Waals surface area (Å²) >= 11 is 7.82. The minimum atomic E-state index is -0.181. The molecule has 16 heavy (non-hydrogen) atoms. The van der Waals surface area contributed by atoms with Crippen molar-refractivity contribution < 1.29 is 0 Å². The van der Waals surface area contributed by atoms with E-state index in [1.54, 1.807) is 17.5 Å². The van der Waals surface area contributed by atoms with Crippen LogP contribution >= 0.6 is 22.9 Å². The monoisotopic (exact) mass is 252 g/mol. The molecule has 0 aliphatic heterocycles. The van der Waals surface area contributed by atoms with Gasteiger partial charge in [-0.25, -0.2) is 0 Å². The van der Waals surface area contributed by atoms with E-state index in [1.165, 1.54) is 0 Å². The second kappa shape index (κ2) is 4.53. The molecular weight excluding hydrogens is 240 g/mol. The topological polar surface area (TPSA) is 38.9 Å². The van der Waals surface area contributed by atoms with Crippen LogP contribution < -0.4 is 5.73 Å². The molecule has 1 unspecified atom stereocenters. The number of halogens is 1. The number of hydrogen-bond acceptors (Lipinski definition) is 3. The van der Waals surface area contributed by atoms with Crippen molar-refractivity contribution in [3.63, 3.8) is 0 Å². The van der Waals surface area contributed by atoms with Crippen molar-refractivity contribution >= 4 is 22.9 Å². The minimum absolute atomic E-state index is 0.181. The summed E-state index contributed by atoms with van der Waals surface area (Å²) < 4.78 is 0. The summed E-state index contributed by atoms with van der Waals surface area (Å²) in [5.41, 5.74) is 9.48. The Labute approximate surface area is 104 Å². The SMILES string of the molecule is Cc1ccncc1C(N)c1scc(C)c1Cl. The van der Waals surface area contributed by atoms with Crippen molar-refractivity contribution in [3.05, 3.63) is 50.4 Å². The molecule has 1 atom stereocenters. The lowest BCUT2D eigenvalue weighted by molar-refractivity contribution is 0.872. The van der Waals surface area contributed by atoms with Crippen LogP contribution in [0.25, 0.3) is 0 Å². The summed E-state index contributed by atoms with van der Waals surface area (Å²) in [5.74, 6) is 0. The lowest BCUT2D eigenvalue weighted by atomic mass is 10.0. The lowest BCUT2D eigenvalue weighted by Crippen LogP contribution is -2.12. The highest BCUT2D eigenvalue weighted by molar-refractivity contribution is 7.10. The molecule has 2 nitrogen and oxygen atoms in total. The van der Waals surface area contributed by atoms with Gasteiger partial charge in [-0.15, -0.1) is 11.3 Å². The average Bonchev–Trinajstić information content (AvgIpc) is 2.60. The van der Waals surface area contributed by atoms with Crippen LogP contribution in [0.15, 0.2) is 23.8 Å². The Kier molecular flexibility index (Phi) is 3.28. The van der Waals surface area contributed by atoms with Gasteiger partial charge in [0.15, 0.2) is 0 Å². The predicted molar refractivity (Wildman–Crippen MR) is 69.1 cm³/mol. The number of rotatable bonds is 2. The summed E-state index contributed by atoms with van der Waals surface area (Å²) in [6, 6.07) is 1.78. The molecule has 0 fully saturated rings. The largest absolute Gasteiger partial charge is 0.320 e. The van der Waals surface area contributed by atoms with E-state index in [9.17, 15) is 0 Å². The van der Waals surface area contributed by atoms with Crippen LogP contribution in [0, 0.1) is 13.8 Å². The first-order chi connectivity index (χ1) is 7.61. The van der Waals surface area contributed by atoms with Crippen LogP contribution in [0.3, 0.4) is 0 Å². The quantitative estimate of drug-likeness (QED) is 0.889. The molecule has 4 heteroatoms. The predicted octanol–water partition coefficient (Wildman–Crippen LogP) is 3.46. The highest BCUT2D eigenvalue weighted by Crippen LogP contribution is 2.34. The number of aromatic nitrogens is 1. The fraction of sp³-hybridized carbons (Fsp3) is 0.250. The molecule has 0 spiro atoms. The van der Waals surface area contributed by atoms with Crippen molar-refractivity contribution in [3.8, 4) is 0 Å². The molecule has 0 amide bonds. The Morgan fingerprint density at radius 3 is 2.69 bits per heavy atom. The number of hydrogen-bond donors (Lipinski definition) is 1. The normalized spacial score (nSPS) is 12.8. The number of thiophene rings is 1. The lowest BCUT2D eigenvalue weighted by Gasteiger charge is -2.13. The molecule has 2 N–H and O–H groups in total. The van der Waals surface area contributed by atoms with Gasteiger partial charge >= 0.3 is 0 Å². The highest BCUT2D eigenvalue weighted by Gasteiger charge is 2.17. The van der Waals surface area contributed by atoms with Gasteiger partial charge in [0.2, 0.25) is 0 Å². The highest BCUT2D eigenvalue weighted by atomic mass is 35.5. The van der Waals surface area contributed by atoms with E-state index in [1.807, 2.05) is 31.5 Å². The summed E-state index contributed by atoms with van der Waals surface area (Å²) in [4.78, 5) is 5.12. The molecule has 0 bridgehead atoms. The van der Waals surface area contributed by atoms with E-state index < -0.39 is 0 Å². The Morgan fingerprint density at radius 2 is 2.12 bits per heavy atom. The molecule has 0 saturated heterocycles. The van der Waals surface area contributed by atoms with Crippen LogP contribution in [-0.4, -0.2) is 4.98 Å². The summed E-state index contributed by atoms with van der Waals surface area (Å²) in [6.07, 6.45) is 3.58. The first-order valence-corrected chi connectivity index (χ1v) is 6.26. The molecular formula is C12H13ClN2S. The first-order valence-electron chi connectivity index (χ1n) is 5.01. The molecule has 2 aromatic rings. The zero-order valence-corrected chi connectivity index (χ0v) is 10.8. The van der Waals surface area contributed by atoms with Crippen molar-refractivity contribution in [2.24, 2.45) is 5.73 Å². The summed E-state index contributed by atoms with van der Waals surface area (Å²) in [7, 11) is 0. The van der Waals surface area contributed by atoms with E-state index >= 15 is 0 Å². The van der Waals surface area contributed by atoms with Crippen molar-refractivity contribution in [1.82, 2.24) is 4.98 Å². The van der Waals surface area contributed by atoms with Gasteiger partial charge in [-0.3, -0.25) is 4.98 Å². The van der Waals surface area contributed by atoms with Gasteiger partial charge in [-0.1, -0.05) is 11.6 Å². The number of nitrogens with two attached hydrogens (primary N) is 1. The van der Waals surface area contributed by atoms with Crippen LogP contribution in [0.2, 0.25) is 5.02 Å².